The van der Waals surface area contributed by atoms with Crippen LogP contribution >= 0.6 is 0 Å². The van der Waals surface area contributed by atoms with E-state index in [-0.39, 0.29) is 0 Å². The Balaban J connectivity index is 1.97. The van der Waals surface area contributed by atoms with Crippen molar-refractivity contribution in [3.8, 4) is 12.1 Å². The van der Waals surface area contributed by atoms with Gasteiger partial charge >= 0.3 is 0 Å². The molecule has 0 saturated heterocycles. The minimum Gasteiger partial charge on any atom is -0.192 e. The standard InChI is InChI=1S/C15H12N2/c16-6-8(7-17)13-11-3-1-2-9-10-4-5-12(14(10)11)15(9)13/h1,3-5,9-12,14-15H,2H2/t9-,10-,11-,12-,14?,15-/m1/s1. The smallest absolute Gasteiger partial charge is 0.129 e. The molecule has 2 fully saturated rings. The van der Waals surface area contributed by atoms with E-state index in [0.29, 0.717) is 41.1 Å². The van der Waals surface area contributed by atoms with Crippen LogP contribution in [-0.2, 0) is 0 Å². The largest absolute Gasteiger partial charge is 0.192 e. The van der Waals surface area contributed by atoms with Gasteiger partial charge in [0, 0.05) is 5.92 Å². The van der Waals surface area contributed by atoms with Crippen LogP contribution in [0, 0.1) is 58.2 Å². The molecule has 82 valence electrons. The van der Waals surface area contributed by atoms with Crippen molar-refractivity contribution in [1.82, 2.24) is 0 Å². The topological polar surface area (TPSA) is 47.6 Å². The Labute approximate surface area is 101 Å². The molecular weight excluding hydrogens is 208 g/mol. The summed E-state index contributed by atoms with van der Waals surface area (Å²) in [7, 11) is 0. The third-order valence-corrected chi connectivity index (χ3v) is 5.21. The number of nitriles is 2. The van der Waals surface area contributed by atoms with Gasteiger partial charge in [-0.1, -0.05) is 24.3 Å². The minimum absolute atomic E-state index is 0.359. The van der Waals surface area contributed by atoms with E-state index in [9.17, 15) is 0 Å². The Hall–Kier alpha value is -1.80. The van der Waals surface area contributed by atoms with Crippen LogP contribution in [0.15, 0.2) is 35.5 Å². The average Bonchev–Trinajstić information content (AvgIpc) is 2.86. The van der Waals surface area contributed by atoms with Gasteiger partial charge in [-0.25, -0.2) is 0 Å². The van der Waals surface area contributed by atoms with E-state index in [4.69, 9.17) is 10.5 Å². The van der Waals surface area contributed by atoms with E-state index < -0.39 is 0 Å². The second kappa shape index (κ2) is 2.90. The molecule has 6 atom stereocenters. The summed E-state index contributed by atoms with van der Waals surface area (Å²) in [5.41, 5.74) is 1.54. The highest BCUT2D eigenvalue weighted by Gasteiger charge is 2.62. The highest BCUT2D eigenvalue weighted by atomic mass is 14.7. The van der Waals surface area contributed by atoms with Crippen molar-refractivity contribution in [3.63, 3.8) is 0 Å². The van der Waals surface area contributed by atoms with Gasteiger partial charge in [0.05, 0.1) is 0 Å². The molecule has 5 aliphatic rings. The molecule has 0 aliphatic heterocycles. The SMILES string of the molecule is N#CC(C#N)=C1[C@@H]2[C@@H]3CC=C[C@H]1C1[C@H]2C=C[C@@H]13. The van der Waals surface area contributed by atoms with Gasteiger partial charge in [0.2, 0.25) is 0 Å². The quantitative estimate of drug-likeness (QED) is 0.465. The molecule has 0 aromatic heterocycles. The van der Waals surface area contributed by atoms with E-state index in [0.717, 1.165) is 12.0 Å². The molecule has 0 heterocycles. The summed E-state index contributed by atoms with van der Waals surface area (Å²) >= 11 is 0. The molecule has 0 spiro atoms. The fourth-order valence-electron chi connectivity index (χ4n) is 4.83. The van der Waals surface area contributed by atoms with Crippen LogP contribution in [0.2, 0.25) is 0 Å². The van der Waals surface area contributed by atoms with Crippen LogP contribution in [0.25, 0.3) is 0 Å². The molecule has 2 saturated carbocycles. The lowest BCUT2D eigenvalue weighted by Gasteiger charge is -2.32. The van der Waals surface area contributed by atoms with Crippen molar-refractivity contribution in [3.05, 3.63) is 35.5 Å². The zero-order chi connectivity index (χ0) is 11.6. The number of allylic oxidation sites excluding steroid dienone is 6. The van der Waals surface area contributed by atoms with Crippen molar-refractivity contribution in [2.75, 3.05) is 0 Å². The number of hydrogen-bond acceptors (Lipinski definition) is 2. The summed E-state index contributed by atoms with van der Waals surface area (Å²) in [6, 6.07) is 4.22. The van der Waals surface area contributed by atoms with Gasteiger partial charge in [-0.3, -0.25) is 0 Å². The van der Waals surface area contributed by atoms with Crippen molar-refractivity contribution in [2.45, 2.75) is 6.42 Å². The first-order chi connectivity index (χ1) is 8.36. The Kier molecular flexibility index (Phi) is 1.58. The molecule has 17 heavy (non-hydrogen) atoms. The van der Waals surface area contributed by atoms with Gasteiger partial charge in [-0.15, -0.1) is 0 Å². The molecule has 5 aliphatic carbocycles. The lowest BCUT2D eigenvalue weighted by molar-refractivity contribution is 0.296. The fraction of sp³-hybridized carbons (Fsp3) is 0.467. The number of hydrogen-bond donors (Lipinski definition) is 0. The maximum atomic E-state index is 9.13. The Morgan fingerprint density at radius 3 is 2.65 bits per heavy atom. The van der Waals surface area contributed by atoms with Gasteiger partial charge < -0.3 is 0 Å². The summed E-state index contributed by atoms with van der Waals surface area (Å²) in [6.07, 6.45) is 10.4. The predicted molar refractivity (Wildman–Crippen MR) is 62.1 cm³/mol. The van der Waals surface area contributed by atoms with Crippen molar-refractivity contribution < 1.29 is 0 Å². The van der Waals surface area contributed by atoms with Gasteiger partial charge in [0.1, 0.15) is 17.7 Å². The first-order valence-electron chi connectivity index (χ1n) is 6.26. The average molecular weight is 220 g/mol. The summed E-state index contributed by atoms with van der Waals surface area (Å²) in [6.45, 7) is 0. The third kappa shape index (κ3) is 0.873. The first kappa shape index (κ1) is 9.25. The highest BCUT2D eigenvalue weighted by Crippen LogP contribution is 2.68. The van der Waals surface area contributed by atoms with Gasteiger partial charge in [0.15, 0.2) is 0 Å². The van der Waals surface area contributed by atoms with Crippen molar-refractivity contribution in [1.29, 1.82) is 10.5 Å². The Morgan fingerprint density at radius 2 is 1.88 bits per heavy atom. The molecule has 0 amide bonds. The van der Waals surface area contributed by atoms with Crippen molar-refractivity contribution >= 4 is 0 Å². The molecular formula is C15H12N2. The number of nitrogens with zero attached hydrogens (tertiary/aromatic N) is 2. The molecule has 5 rings (SSSR count). The zero-order valence-electron chi connectivity index (χ0n) is 9.38. The maximum absolute atomic E-state index is 9.13. The summed E-state index contributed by atoms with van der Waals surface area (Å²) in [4.78, 5) is 0. The minimum atomic E-state index is 0.359. The molecule has 2 nitrogen and oxygen atoms in total. The number of rotatable bonds is 0. The lowest BCUT2D eigenvalue weighted by atomic mass is 9.71. The molecule has 0 radical (unpaired) electrons. The lowest BCUT2D eigenvalue weighted by Crippen LogP contribution is -2.26. The maximum Gasteiger partial charge on any atom is 0.129 e. The number of fused-ring (bicyclic) bond motifs is 1. The first-order valence-corrected chi connectivity index (χ1v) is 6.26. The van der Waals surface area contributed by atoms with E-state index in [1.165, 1.54) is 0 Å². The van der Waals surface area contributed by atoms with Crippen LogP contribution in [0.1, 0.15) is 6.42 Å². The molecule has 6 bridgehead atoms. The van der Waals surface area contributed by atoms with Gasteiger partial charge in [0.25, 0.3) is 0 Å². The summed E-state index contributed by atoms with van der Waals surface area (Å²) < 4.78 is 0. The van der Waals surface area contributed by atoms with Gasteiger partial charge in [-0.05, 0) is 41.6 Å². The Bertz CT molecular complexity index is 551. The summed E-state index contributed by atoms with van der Waals surface area (Å²) in [5.74, 6) is 3.44. The Morgan fingerprint density at radius 1 is 1.12 bits per heavy atom. The molecule has 0 aromatic carbocycles. The van der Waals surface area contributed by atoms with Gasteiger partial charge in [-0.2, -0.15) is 10.5 Å². The van der Waals surface area contributed by atoms with Crippen LogP contribution in [0.3, 0.4) is 0 Å². The molecule has 1 unspecified atom stereocenters. The van der Waals surface area contributed by atoms with Crippen molar-refractivity contribution in [2.24, 2.45) is 35.5 Å². The highest BCUT2D eigenvalue weighted by molar-refractivity contribution is 5.50. The van der Waals surface area contributed by atoms with E-state index in [1.54, 1.807) is 0 Å². The molecule has 2 heteroatoms. The third-order valence-electron chi connectivity index (χ3n) is 5.21. The van der Waals surface area contributed by atoms with E-state index in [2.05, 4.69) is 36.4 Å². The molecule has 0 aromatic rings. The predicted octanol–water partition coefficient (Wildman–Crippen LogP) is 2.58. The fourth-order valence-corrected chi connectivity index (χ4v) is 4.83. The van der Waals surface area contributed by atoms with Crippen LogP contribution < -0.4 is 0 Å². The van der Waals surface area contributed by atoms with E-state index >= 15 is 0 Å². The monoisotopic (exact) mass is 220 g/mol. The second-order valence-electron chi connectivity index (χ2n) is 5.55. The van der Waals surface area contributed by atoms with Crippen LogP contribution in [-0.4, -0.2) is 0 Å². The summed E-state index contributed by atoms with van der Waals surface area (Å²) in [5, 5.41) is 18.3. The van der Waals surface area contributed by atoms with E-state index in [1.807, 2.05) is 0 Å². The normalized spacial score (nSPS) is 47.1. The van der Waals surface area contributed by atoms with Crippen LogP contribution in [0.5, 0.6) is 0 Å². The van der Waals surface area contributed by atoms with Crippen LogP contribution in [0.4, 0.5) is 0 Å². The molecule has 0 N–H and O–H groups in total. The second-order valence-corrected chi connectivity index (χ2v) is 5.55. The zero-order valence-corrected chi connectivity index (χ0v) is 9.38.